The number of carbonyl (C=O) groups excluding carboxylic acids is 1. The Kier molecular flexibility index (Phi) is 5.24. The molecule has 0 saturated carbocycles. The average molecular weight is 418 g/mol. The predicted molar refractivity (Wildman–Crippen MR) is 124 cm³/mol. The average Bonchev–Trinajstić information content (AvgIpc) is 2.85. The van der Waals surface area contributed by atoms with E-state index in [0.717, 1.165) is 16.5 Å². The maximum Gasteiger partial charge on any atom is 0.256 e. The lowest BCUT2D eigenvalue weighted by Gasteiger charge is -2.11. The maximum atomic E-state index is 13.2. The van der Waals surface area contributed by atoms with Crippen molar-refractivity contribution in [2.75, 3.05) is 5.32 Å². The van der Waals surface area contributed by atoms with Crippen LogP contribution in [0.5, 0.6) is 11.5 Å². The van der Waals surface area contributed by atoms with Crippen LogP contribution in [0.2, 0.25) is 0 Å². The molecule has 6 nitrogen and oxygen atoms in total. The molecule has 0 atom stereocenters. The van der Waals surface area contributed by atoms with Gasteiger partial charge in [0.15, 0.2) is 0 Å². The molecule has 1 N–H and O–H groups in total. The van der Waals surface area contributed by atoms with Crippen molar-refractivity contribution in [2.24, 2.45) is 0 Å². The SMILES string of the molecule is O=C(Nc1ccc(Oc2ccncc2)cc1)c1cc(-c2cccnc2)nc2ccccc12. The number of rotatable bonds is 5. The summed E-state index contributed by atoms with van der Waals surface area (Å²) in [6.45, 7) is 0. The van der Waals surface area contributed by atoms with Crippen molar-refractivity contribution in [1.82, 2.24) is 15.0 Å². The van der Waals surface area contributed by atoms with Crippen LogP contribution in [0.4, 0.5) is 5.69 Å². The molecule has 0 spiro atoms. The van der Waals surface area contributed by atoms with Gasteiger partial charge in [0.2, 0.25) is 0 Å². The van der Waals surface area contributed by atoms with Gasteiger partial charge in [0.1, 0.15) is 11.5 Å². The van der Waals surface area contributed by atoms with Crippen molar-refractivity contribution in [3.63, 3.8) is 0 Å². The number of ether oxygens (including phenoxy) is 1. The molecule has 0 aliphatic heterocycles. The van der Waals surface area contributed by atoms with E-state index in [4.69, 9.17) is 9.72 Å². The van der Waals surface area contributed by atoms with Crippen molar-refractivity contribution < 1.29 is 9.53 Å². The van der Waals surface area contributed by atoms with Gasteiger partial charge in [-0.15, -0.1) is 0 Å². The smallest absolute Gasteiger partial charge is 0.256 e. The van der Waals surface area contributed by atoms with Gasteiger partial charge in [0.05, 0.1) is 16.8 Å². The van der Waals surface area contributed by atoms with Crippen LogP contribution < -0.4 is 10.1 Å². The summed E-state index contributed by atoms with van der Waals surface area (Å²) in [4.78, 5) is 26.0. The lowest BCUT2D eigenvalue weighted by molar-refractivity contribution is 0.102. The molecule has 32 heavy (non-hydrogen) atoms. The third-order valence-electron chi connectivity index (χ3n) is 4.92. The second-order valence-electron chi connectivity index (χ2n) is 7.08. The van der Waals surface area contributed by atoms with Crippen molar-refractivity contribution in [3.05, 3.63) is 109 Å². The Labute approximate surface area is 184 Å². The number of nitrogens with one attached hydrogen (secondary N) is 1. The minimum atomic E-state index is -0.212. The van der Waals surface area contributed by atoms with Gasteiger partial charge in [-0.05, 0) is 60.7 Å². The second-order valence-corrected chi connectivity index (χ2v) is 7.08. The molecule has 0 fully saturated rings. The van der Waals surface area contributed by atoms with E-state index < -0.39 is 0 Å². The molecular weight excluding hydrogens is 400 g/mol. The molecule has 6 heteroatoms. The Hall–Kier alpha value is -4.58. The van der Waals surface area contributed by atoms with Crippen LogP contribution in [-0.2, 0) is 0 Å². The van der Waals surface area contributed by atoms with Gasteiger partial charge in [-0.1, -0.05) is 18.2 Å². The number of amides is 1. The van der Waals surface area contributed by atoms with E-state index in [-0.39, 0.29) is 5.91 Å². The first kappa shape index (κ1) is 19.4. The van der Waals surface area contributed by atoms with Gasteiger partial charge in [-0.3, -0.25) is 14.8 Å². The van der Waals surface area contributed by atoms with Crippen LogP contribution in [-0.4, -0.2) is 20.9 Å². The highest BCUT2D eigenvalue weighted by atomic mass is 16.5. The summed E-state index contributed by atoms with van der Waals surface area (Å²) in [7, 11) is 0. The summed E-state index contributed by atoms with van der Waals surface area (Å²) in [6.07, 6.45) is 6.78. The summed E-state index contributed by atoms with van der Waals surface area (Å²) < 4.78 is 5.78. The van der Waals surface area contributed by atoms with Crippen LogP contribution in [0.25, 0.3) is 22.2 Å². The fraction of sp³-hybridized carbons (Fsp3) is 0. The minimum Gasteiger partial charge on any atom is -0.457 e. The van der Waals surface area contributed by atoms with E-state index in [1.165, 1.54) is 0 Å². The number of hydrogen-bond acceptors (Lipinski definition) is 5. The standard InChI is InChI=1S/C26H18N4O2/c31-26(29-19-7-9-20(10-8-19)32-21-11-14-27-15-12-21)23-16-25(18-4-3-13-28-17-18)30-24-6-2-1-5-22(23)24/h1-17H,(H,29,31). The molecule has 0 radical (unpaired) electrons. The van der Waals surface area contributed by atoms with E-state index in [1.807, 2.05) is 48.5 Å². The highest BCUT2D eigenvalue weighted by molar-refractivity contribution is 6.13. The Morgan fingerprint density at radius 1 is 0.781 bits per heavy atom. The highest BCUT2D eigenvalue weighted by Crippen LogP contribution is 2.26. The Balaban J connectivity index is 1.42. The number of anilines is 1. The molecule has 0 bridgehead atoms. The number of hydrogen-bond donors (Lipinski definition) is 1. The lowest BCUT2D eigenvalue weighted by atomic mass is 10.0. The zero-order valence-corrected chi connectivity index (χ0v) is 17.0. The van der Waals surface area contributed by atoms with Crippen LogP contribution in [0.15, 0.2) is 104 Å². The van der Waals surface area contributed by atoms with Gasteiger partial charge in [0.25, 0.3) is 5.91 Å². The van der Waals surface area contributed by atoms with E-state index in [9.17, 15) is 4.79 Å². The van der Waals surface area contributed by atoms with Gasteiger partial charge >= 0.3 is 0 Å². The molecule has 5 aromatic rings. The third-order valence-corrected chi connectivity index (χ3v) is 4.92. The third kappa shape index (κ3) is 4.15. The number of benzene rings is 2. The van der Waals surface area contributed by atoms with Crippen molar-refractivity contribution in [1.29, 1.82) is 0 Å². The minimum absolute atomic E-state index is 0.212. The lowest BCUT2D eigenvalue weighted by Crippen LogP contribution is -2.13. The summed E-state index contributed by atoms with van der Waals surface area (Å²) in [5, 5.41) is 3.76. The van der Waals surface area contributed by atoms with Gasteiger partial charge in [-0.2, -0.15) is 0 Å². The van der Waals surface area contributed by atoms with Gasteiger partial charge in [0, 0.05) is 41.4 Å². The van der Waals surface area contributed by atoms with Crippen LogP contribution in [0.1, 0.15) is 10.4 Å². The molecule has 3 heterocycles. The number of carbonyl (C=O) groups is 1. The summed E-state index contributed by atoms with van der Waals surface area (Å²) in [5.74, 6) is 1.15. The Morgan fingerprint density at radius 3 is 2.34 bits per heavy atom. The zero-order valence-electron chi connectivity index (χ0n) is 17.0. The molecule has 5 rings (SSSR count). The highest BCUT2D eigenvalue weighted by Gasteiger charge is 2.14. The number of fused-ring (bicyclic) bond motifs is 1. The molecule has 2 aromatic carbocycles. The molecule has 3 aromatic heterocycles. The van der Waals surface area contributed by atoms with Crippen LogP contribution in [0, 0.1) is 0 Å². The van der Waals surface area contributed by atoms with E-state index in [0.29, 0.717) is 28.4 Å². The van der Waals surface area contributed by atoms with E-state index in [2.05, 4.69) is 15.3 Å². The second kappa shape index (κ2) is 8.65. The molecular formula is C26H18N4O2. The molecule has 1 amide bonds. The monoisotopic (exact) mass is 418 g/mol. The molecule has 0 saturated heterocycles. The van der Waals surface area contributed by atoms with E-state index in [1.54, 1.807) is 55.1 Å². The normalized spacial score (nSPS) is 10.6. The van der Waals surface area contributed by atoms with Gasteiger partial charge in [-0.25, -0.2) is 4.98 Å². The summed E-state index contributed by atoms with van der Waals surface area (Å²) in [6, 6.07) is 24.0. The fourth-order valence-electron chi connectivity index (χ4n) is 3.37. The number of nitrogens with zero attached hydrogens (tertiary/aromatic N) is 3. The zero-order chi connectivity index (χ0) is 21.8. The van der Waals surface area contributed by atoms with Crippen molar-refractivity contribution in [3.8, 4) is 22.8 Å². The molecule has 0 aliphatic rings. The van der Waals surface area contributed by atoms with Gasteiger partial charge < -0.3 is 10.1 Å². The Bertz CT molecular complexity index is 1370. The topological polar surface area (TPSA) is 77.0 Å². The molecule has 154 valence electrons. The number of para-hydroxylation sites is 1. The van der Waals surface area contributed by atoms with Crippen LogP contribution in [0.3, 0.4) is 0 Å². The first-order valence-corrected chi connectivity index (χ1v) is 10.1. The Morgan fingerprint density at radius 2 is 1.56 bits per heavy atom. The summed E-state index contributed by atoms with van der Waals surface area (Å²) >= 11 is 0. The van der Waals surface area contributed by atoms with E-state index >= 15 is 0 Å². The first-order chi connectivity index (χ1) is 15.8. The number of aromatic nitrogens is 3. The number of pyridine rings is 3. The summed E-state index contributed by atoms with van der Waals surface area (Å²) in [5.41, 5.74) is 3.51. The first-order valence-electron chi connectivity index (χ1n) is 10.1. The quantitative estimate of drug-likeness (QED) is 0.394. The maximum absolute atomic E-state index is 13.2. The molecule has 0 aliphatic carbocycles. The van der Waals surface area contributed by atoms with Crippen molar-refractivity contribution in [2.45, 2.75) is 0 Å². The largest absolute Gasteiger partial charge is 0.457 e. The molecule has 0 unspecified atom stereocenters. The van der Waals surface area contributed by atoms with Crippen LogP contribution >= 0.6 is 0 Å². The predicted octanol–water partition coefficient (Wildman–Crippen LogP) is 5.74. The fourth-order valence-corrected chi connectivity index (χ4v) is 3.37. The van der Waals surface area contributed by atoms with Crippen molar-refractivity contribution >= 4 is 22.5 Å².